The first-order chi connectivity index (χ1) is 8.72. The molecular weight excluding hydrogens is 316 g/mol. The summed E-state index contributed by atoms with van der Waals surface area (Å²) in [5.41, 5.74) is 0.625. The number of carbonyl (C=O) groups is 1. The second-order valence-electron chi connectivity index (χ2n) is 3.72. The quantitative estimate of drug-likeness (QED) is 0.604. The van der Waals surface area contributed by atoms with Crippen molar-refractivity contribution in [3.05, 3.63) is 38.8 Å². The normalized spacial score (nSPS) is 10.8. The number of halogens is 1. The molecule has 0 aliphatic carbocycles. The van der Waals surface area contributed by atoms with E-state index in [9.17, 15) is 4.79 Å². The van der Waals surface area contributed by atoms with E-state index in [1.54, 1.807) is 24.1 Å². The molecule has 0 bridgehead atoms. The molecular formula is C12H13BrN2O2S. The van der Waals surface area contributed by atoms with Crippen molar-refractivity contribution in [2.75, 3.05) is 13.7 Å². The molecule has 0 amide bonds. The van der Waals surface area contributed by atoms with E-state index >= 15 is 0 Å². The van der Waals surface area contributed by atoms with Gasteiger partial charge in [-0.05, 0) is 40.5 Å². The van der Waals surface area contributed by atoms with Crippen LogP contribution >= 0.6 is 27.3 Å². The lowest BCUT2D eigenvalue weighted by atomic mass is 10.2. The number of carbonyl (C=O) groups excluding carboxylic acids is 1. The van der Waals surface area contributed by atoms with Gasteiger partial charge in [-0.2, -0.15) is 5.10 Å². The van der Waals surface area contributed by atoms with Crippen LogP contribution in [0.5, 0.6) is 0 Å². The first-order valence-corrected chi connectivity index (χ1v) is 7.14. The Hall–Kier alpha value is -0.980. The van der Waals surface area contributed by atoms with Crippen molar-refractivity contribution >= 4 is 33.0 Å². The number of aryl methyl sites for hydroxylation is 1. The Bertz CT molecular complexity index is 536. The molecule has 96 valence electrons. The van der Waals surface area contributed by atoms with Gasteiger partial charge in [-0.15, -0.1) is 11.3 Å². The molecule has 2 aromatic rings. The molecule has 0 atom stereocenters. The number of hydrogen-bond acceptors (Lipinski definition) is 4. The van der Waals surface area contributed by atoms with Gasteiger partial charge in [-0.1, -0.05) is 0 Å². The third-order valence-electron chi connectivity index (χ3n) is 2.46. The number of aromatic nitrogens is 2. The van der Waals surface area contributed by atoms with Crippen LogP contribution in [0.25, 0.3) is 0 Å². The Labute approximate surface area is 118 Å². The first-order valence-electron chi connectivity index (χ1n) is 5.53. The lowest BCUT2D eigenvalue weighted by molar-refractivity contribution is 0.103. The maximum Gasteiger partial charge on any atom is 0.220 e. The van der Waals surface area contributed by atoms with Crippen LogP contribution in [0.1, 0.15) is 21.8 Å². The summed E-state index contributed by atoms with van der Waals surface area (Å²) < 4.78 is 7.68. The van der Waals surface area contributed by atoms with Crippen LogP contribution in [0.3, 0.4) is 0 Å². The van der Waals surface area contributed by atoms with E-state index in [4.69, 9.17) is 4.74 Å². The van der Waals surface area contributed by atoms with Crippen LogP contribution in [0.4, 0.5) is 0 Å². The zero-order chi connectivity index (χ0) is 13.0. The van der Waals surface area contributed by atoms with Crippen LogP contribution in [0.2, 0.25) is 0 Å². The molecule has 0 aliphatic heterocycles. The van der Waals surface area contributed by atoms with Gasteiger partial charge in [0.15, 0.2) is 0 Å². The van der Waals surface area contributed by atoms with Gasteiger partial charge in [0.1, 0.15) is 5.69 Å². The van der Waals surface area contributed by atoms with Crippen LogP contribution in [-0.4, -0.2) is 29.3 Å². The van der Waals surface area contributed by atoms with Crippen molar-refractivity contribution in [1.29, 1.82) is 0 Å². The second kappa shape index (κ2) is 6.26. The highest BCUT2D eigenvalue weighted by Gasteiger charge is 2.15. The fourth-order valence-electron chi connectivity index (χ4n) is 1.62. The highest BCUT2D eigenvalue weighted by atomic mass is 79.9. The summed E-state index contributed by atoms with van der Waals surface area (Å²) in [6, 6.07) is 5.45. The van der Waals surface area contributed by atoms with Crippen LogP contribution in [0, 0.1) is 0 Å². The Morgan fingerprint density at radius 1 is 1.50 bits per heavy atom. The fraction of sp³-hybridized carbons (Fsp3) is 0.333. The Morgan fingerprint density at radius 2 is 2.33 bits per heavy atom. The molecule has 0 spiro atoms. The summed E-state index contributed by atoms with van der Waals surface area (Å²) in [5.74, 6) is 0.0145. The van der Waals surface area contributed by atoms with Gasteiger partial charge >= 0.3 is 0 Å². The summed E-state index contributed by atoms with van der Waals surface area (Å²) in [6.07, 6.45) is 2.50. The summed E-state index contributed by atoms with van der Waals surface area (Å²) in [5, 5.41) is 4.17. The molecule has 0 N–H and O–H groups in total. The van der Waals surface area contributed by atoms with Crippen molar-refractivity contribution in [3.8, 4) is 0 Å². The molecule has 2 rings (SSSR count). The largest absolute Gasteiger partial charge is 0.385 e. The molecule has 0 aliphatic rings. The summed E-state index contributed by atoms with van der Waals surface area (Å²) >= 11 is 4.79. The van der Waals surface area contributed by atoms with E-state index < -0.39 is 0 Å². The van der Waals surface area contributed by atoms with Gasteiger partial charge in [0.25, 0.3) is 0 Å². The van der Waals surface area contributed by atoms with Crippen LogP contribution in [0.15, 0.2) is 28.2 Å². The van der Waals surface area contributed by atoms with Gasteiger partial charge in [-0.3, -0.25) is 9.48 Å². The van der Waals surface area contributed by atoms with E-state index in [1.807, 2.05) is 12.1 Å². The number of nitrogens with zero attached hydrogens (tertiary/aromatic N) is 2. The number of thiophene rings is 1. The molecule has 0 fully saturated rings. The average molecular weight is 329 g/mol. The van der Waals surface area contributed by atoms with E-state index in [0.717, 1.165) is 15.1 Å². The van der Waals surface area contributed by atoms with E-state index in [2.05, 4.69) is 21.0 Å². The lowest BCUT2D eigenvalue weighted by Crippen LogP contribution is -2.12. The van der Waals surface area contributed by atoms with Gasteiger partial charge in [0.2, 0.25) is 5.78 Å². The summed E-state index contributed by atoms with van der Waals surface area (Å²) in [6.45, 7) is 1.35. The van der Waals surface area contributed by atoms with E-state index in [-0.39, 0.29) is 5.78 Å². The minimum absolute atomic E-state index is 0.0145. The standard InChI is InChI=1S/C12H13BrN2O2S/c1-17-8-2-7-15-9(5-6-14-15)12(16)10-3-4-11(13)18-10/h3-6H,2,7-8H2,1H3. The minimum Gasteiger partial charge on any atom is -0.385 e. The molecule has 6 heteroatoms. The SMILES string of the molecule is COCCCn1nccc1C(=O)c1ccc(Br)s1. The van der Waals surface area contributed by atoms with Crippen LogP contribution in [-0.2, 0) is 11.3 Å². The lowest BCUT2D eigenvalue weighted by Gasteiger charge is -2.05. The van der Waals surface area contributed by atoms with Gasteiger partial charge in [-0.25, -0.2) is 0 Å². The molecule has 2 aromatic heterocycles. The first kappa shape index (κ1) is 13.5. The predicted octanol–water partition coefficient (Wildman–Crippen LogP) is 2.97. The van der Waals surface area contributed by atoms with Gasteiger partial charge in [0, 0.05) is 26.5 Å². The van der Waals surface area contributed by atoms with Gasteiger partial charge in [0.05, 0.1) is 8.66 Å². The minimum atomic E-state index is 0.0145. The zero-order valence-electron chi connectivity index (χ0n) is 9.93. The summed E-state index contributed by atoms with van der Waals surface area (Å²) in [4.78, 5) is 13.0. The molecule has 0 aromatic carbocycles. The van der Waals surface area contributed by atoms with Crippen molar-refractivity contribution in [3.63, 3.8) is 0 Å². The number of ether oxygens (including phenoxy) is 1. The third-order valence-corrected chi connectivity index (χ3v) is 4.09. The Kier molecular flexibility index (Phi) is 4.68. The maximum atomic E-state index is 12.3. The zero-order valence-corrected chi connectivity index (χ0v) is 12.3. The third kappa shape index (κ3) is 3.07. The molecule has 2 heterocycles. The number of methoxy groups -OCH3 is 1. The highest BCUT2D eigenvalue weighted by molar-refractivity contribution is 9.11. The van der Waals surface area contributed by atoms with Crippen molar-refractivity contribution in [2.45, 2.75) is 13.0 Å². The molecule has 18 heavy (non-hydrogen) atoms. The monoisotopic (exact) mass is 328 g/mol. The van der Waals surface area contributed by atoms with Crippen molar-refractivity contribution < 1.29 is 9.53 Å². The molecule has 0 saturated heterocycles. The molecule has 4 nitrogen and oxygen atoms in total. The predicted molar refractivity (Wildman–Crippen MR) is 74.2 cm³/mol. The van der Waals surface area contributed by atoms with Crippen molar-refractivity contribution in [2.24, 2.45) is 0 Å². The number of rotatable bonds is 6. The highest BCUT2D eigenvalue weighted by Crippen LogP contribution is 2.24. The van der Waals surface area contributed by atoms with E-state index in [1.165, 1.54) is 11.3 Å². The van der Waals surface area contributed by atoms with Gasteiger partial charge < -0.3 is 4.74 Å². The maximum absolute atomic E-state index is 12.3. The number of hydrogen-bond donors (Lipinski definition) is 0. The fourth-order valence-corrected chi connectivity index (χ4v) is 2.96. The number of ketones is 1. The van der Waals surface area contributed by atoms with Crippen molar-refractivity contribution in [1.82, 2.24) is 9.78 Å². The molecule has 0 saturated carbocycles. The topological polar surface area (TPSA) is 44.1 Å². The average Bonchev–Trinajstić information content (AvgIpc) is 2.97. The molecule has 0 unspecified atom stereocenters. The second-order valence-corrected chi connectivity index (χ2v) is 6.18. The Morgan fingerprint density at radius 3 is 3.00 bits per heavy atom. The van der Waals surface area contributed by atoms with Crippen LogP contribution < -0.4 is 0 Å². The molecule has 0 radical (unpaired) electrons. The van der Waals surface area contributed by atoms with E-state index in [0.29, 0.717) is 18.8 Å². The smallest absolute Gasteiger partial charge is 0.220 e. The summed E-state index contributed by atoms with van der Waals surface area (Å²) in [7, 11) is 1.67. The Balaban J connectivity index is 2.13.